The molecule has 1 N–H and O–H groups in total. The van der Waals surface area contributed by atoms with Gasteiger partial charge in [0, 0.05) is 32.5 Å². The number of aromatic nitrogens is 1. The van der Waals surface area contributed by atoms with Gasteiger partial charge >= 0.3 is 12.0 Å². The molecule has 0 aliphatic carbocycles. The number of urea groups is 1. The number of hydrogen-bond acceptors (Lipinski definition) is 3. The number of carboxylic acids is 1. The fourth-order valence-corrected chi connectivity index (χ4v) is 2.00. The molecule has 0 aliphatic rings. The molecule has 0 unspecified atom stereocenters. The molecule has 0 atom stereocenters. The molecular weight excluding hydrogens is 270 g/mol. The molecule has 0 saturated heterocycles. The molecule has 6 heteroatoms. The first-order chi connectivity index (χ1) is 9.90. The van der Waals surface area contributed by atoms with E-state index in [1.54, 1.807) is 24.3 Å². The van der Waals surface area contributed by atoms with E-state index in [4.69, 9.17) is 5.11 Å². The van der Waals surface area contributed by atoms with Crippen LogP contribution in [0.25, 0.3) is 0 Å². The van der Waals surface area contributed by atoms with Crippen molar-refractivity contribution < 1.29 is 14.7 Å². The van der Waals surface area contributed by atoms with Gasteiger partial charge in [-0.3, -0.25) is 9.78 Å². The smallest absolute Gasteiger partial charge is 0.323 e. The maximum absolute atomic E-state index is 12.3. The molecule has 1 aromatic heterocycles. The Bertz CT molecular complexity index is 462. The zero-order chi connectivity index (χ0) is 15.8. The van der Waals surface area contributed by atoms with Crippen molar-refractivity contribution in [1.82, 2.24) is 14.8 Å². The van der Waals surface area contributed by atoms with Crippen molar-refractivity contribution in [1.29, 1.82) is 0 Å². The van der Waals surface area contributed by atoms with Crippen LogP contribution in [0.4, 0.5) is 4.79 Å². The summed E-state index contributed by atoms with van der Waals surface area (Å²) in [7, 11) is 1.69. The number of pyridine rings is 1. The number of hydrogen-bond donors (Lipinski definition) is 1. The first-order valence-electron chi connectivity index (χ1n) is 7.01. The van der Waals surface area contributed by atoms with Crippen molar-refractivity contribution in [2.75, 3.05) is 26.7 Å². The van der Waals surface area contributed by atoms with E-state index in [1.807, 2.05) is 26.0 Å². The monoisotopic (exact) mass is 293 g/mol. The van der Waals surface area contributed by atoms with E-state index in [0.29, 0.717) is 19.5 Å². The number of carbonyl (C=O) groups excluding carboxylic acids is 1. The van der Waals surface area contributed by atoms with Gasteiger partial charge in [-0.2, -0.15) is 0 Å². The van der Waals surface area contributed by atoms with E-state index < -0.39 is 5.97 Å². The van der Waals surface area contributed by atoms with Gasteiger partial charge < -0.3 is 14.9 Å². The number of carbonyl (C=O) groups is 2. The van der Waals surface area contributed by atoms with Gasteiger partial charge in [0.05, 0.1) is 0 Å². The van der Waals surface area contributed by atoms with Crippen LogP contribution in [0, 0.1) is 5.92 Å². The Hall–Kier alpha value is -2.11. The van der Waals surface area contributed by atoms with Crippen LogP contribution in [0.3, 0.4) is 0 Å². The standard InChI is InChI=1S/C15H23N3O3/c1-12(2)10-18(11-14(19)20)15(21)17(3)9-6-13-4-7-16-8-5-13/h4-5,7-8,12H,6,9-11H2,1-3H3,(H,19,20). The molecule has 116 valence electrons. The molecule has 0 aromatic carbocycles. The third-order valence-corrected chi connectivity index (χ3v) is 2.99. The van der Waals surface area contributed by atoms with E-state index in [2.05, 4.69) is 4.98 Å². The fourth-order valence-electron chi connectivity index (χ4n) is 2.00. The van der Waals surface area contributed by atoms with Crippen molar-refractivity contribution in [3.8, 4) is 0 Å². The normalized spacial score (nSPS) is 10.5. The lowest BCUT2D eigenvalue weighted by Gasteiger charge is -2.28. The molecule has 1 aromatic rings. The van der Waals surface area contributed by atoms with Crippen molar-refractivity contribution in [3.05, 3.63) is 30.1 Å². The van der Waals surface area contributed by atoms with Crippen LogP contribution in [-0.2, 0) is 11.2 Å². The van der Waals surface area contributed by atoms with Crippen LogP contribution in [-0.4, -0.2) is 58.6 Å². The Labute approximate surface area is 125 Å². The first kappa shape index (κ1) is 16.9. The Balaban J connectivity index is 2.58. The molecule has 0 radical (unpaired) electrons. The average molecular weight is 293 g/mol. The molecule has 1 heterocycles. The van der Waals surface area contributed by atoms with E-state index >= 15 is 0 Å². The molecule has 2 amide bonds. The zero-order valence-electron chi connectivity index (χ0n) is 12.8. The van der Waals surface area contributed by atoms with Crippen LogP contribution < -0.4 is 0 Å². The predicted molar refractivity (Wildman–Crippen MR) is 80.0 cm³/mol. The minimum atomic E-state index is -0.994. The van der Waals surface area contributed by atoms with Crippen LogP contribution in [0.1, 0.15) is 19.4 Å². The summed E-state index contributed by atoms with van der Waals surface area (Å²) in [6.45, 7) is 4.62. The molecule has 0 saturated carbocycles. The van der Waals surface area contributed by atoms with Gasteiger partial charge in [-0.1, -0.05) is 13.8 Å². The molecule has 1 rings (SSSR count). The maximum Gasteiger partial charge on any atom is 0.323 e. The lowest BCUT2D eigenvalue weighted by atomic mass is 10.2. The van der Waals surface area contributed by atoms with Crippen molar-refractivity contribution in [2.45, 2.75) is 20.3 Å². The maximum atomic E-state index is 12.3. The summed E-state index contributed by atoms with van der Waals surface area (Å²) in [5.74, 6) is -0.770. The van der Waals surface area contributed by atoms with Gasteiger partial charge in [-0.25, -0.2) is 4.79 Å². The van der Waals surface area contributed by atoms with E-state index in [1.165, 1.54) is 4.90 Å². The highest BCUT2D eigenvalue weighted by Gasteiger charge is 2.21. The topological polar surface area (TPSA) is 73.7 Å². The third-order valence-electron chi connectivity index (χ3n) is 2.99. The van der Waals surface area contributed by atoms with Gasteiger partial charge in [0.2, 0.25) is 0 Å². The number of aliphatic carboxylic acids is 1. The Morgan fingerprint density at radius 1 is 1.29 bits per heavy atom. The van der Waals surface area contributed by atoms with Crippen LogP contribution in [0.5, 0.6) is 0 Å². The van der Waals surface area contributed by atoms with Crippen LogP contribution in [0.2, 0.25) is 0 Å². The number of nitrogens with zero attached hydrogens (tertiary/aromatic N) is 3. The van der Waals surface area contributed by atoms with Crippen LogP contribution in [0.15, 0.2) is 24.5 Å². The first-order valence-corrected chi connectivity index (χ1v) is 7.01. The number of amides is 2. The molecule has 21 heavy (non-hydrogen) atoms. The summed E-state index contributed by atoms with van der Waals surface area (Å²) in [4.78, 5) is 30.1. The zero-order valence-corrected chi connectivity index (χ0v) is 12.8. The lowest BCUT2D eigenvalue weighted by molar-refractivity contribution is -0.137. The summed E-state index contributed by atoms with van der Waals surface area (Å²) < 4.78 is 0. The molecular formula is C15H23N3O3. The minimum absolute atomic E-state index is 0.224. The van der Waals surface area contributed by atoms with Crippen molar-refractivity contribution in [2.24, 2.45) is 5.92 Å². The summed E-state index contributed by atoms with van der Waals surface area (Å²) in [5, 5.41) is 8.92. The lowest BCUT2D eigenvalue weighted by Crippen LogP contribution is -2.45. The highest BCUT2D eigenvalue weighted by atomic mass is 16.4. The molecule has 0 spiro atoms. The molecule has 0 aliphatic heterocycles. The van der Waals surface area contributed by atoms with E-state index in [9.17, 15) is 9.59 Å². The highest BCUT2D eigenvalue weighted by Crippen LogP contribution is 2.05. The molecule has 6 nitrogen and oxygen atoms in total. The van der Waals surface area contributed by atoms with Crippen molar-refractivity contribution >= 4 is 12.0 Å². The Morgan fingerprint density at radius 2 is 1.90 bits per heavy atom. The SMILES string of the molecule is CC(C)CN(CC(=O)O)C(=O)N(C)CCc1ccncc1. The average Bonchev–Trinajstić information content (AvgIpc) is 2.43. The summed E-state index contributed by atoms with van der Waals surface area (Å²) in [6.07, 6.45) is 4.15. The van der Waals surface area contributed by atoms with E-state index in [-0.39, 0.29) is 18.5 Å². The van der Waals surface area contributed by atoms with Gasteiger partial charge in [-0.15, -0.1) is 0 Å². The quantitative estimate of drug-likeness (QED) is 0.830. The number of carboxylic acid groups (broad SMARTS) is 1. The summed E-state index contributed by atoms with van der Waals surface area (Å²) in [5.41, 5.74) is 1.10. The second kappa shape index (κ2) is 8.24. The van der Waals surface area contributed by atoms with E-state index in [0.717, 1.165) is 5.56 Å². The molecule has 0 fully saturated rings. The van der Waals surface area contributed by atoms with Gasteiger partial charge in [0.25, 0.3) is 0 Å². The highest BCUT2D eigenvalue weighted by molar-refractivity contribution is 5.80. The van der Waals surface area contributed by atoms with Gasteiger partial charge in [0.15, 0.2) is 0 Å². The van der Waals surface area contributed by atoms with Gasteiger partial charge in [0.1, 0.15) is 6.54 Å². The summed E-state index contributed by atoms with van der Waals surface area (Å²) >= 11 is 0. The largest absolute Gasteiger partial charge is 0.480 e. The fraction of sp³-hybridized carbons (Fsp3) is 0.533. The number of likely N-dealkylation sites (N-methyl/N-ethyl adjacent to an activating group) is 1. The van der Waals surface area contributed by atoms with Crippen molar-refractivity contribution in [3.63, 3.8) is 0 Å². The van der Waals surface area contributed by atoms with Crippen LogP contribution >= 0.6 is 0 Å². The second-order valence-corrected chi connectivity index (χ2v) is 5.48. The summed E-state index contributed by atoms with van der Waals surface area (Å²) in [6, 6.07) is 3.56. The van der Waals surface area contributed by atoms with Gasteiger partial charge in [-0.05, 0) is 30.0 Å². The third kappa shape index (κ3) is 6.25. The Morgan fingerprint density at radius 3 is 2.43 bits per heavy atom. The predicted octanol–water partition coefficient (Wildman–Crippen LogP) is 1.72. The Kier molecular flexibility index (Phi) is 6.65. The molecule has 0 bridgehead atoms. The second-order valence-electron chi connectivity index (χ2n) is 5.48. The minimum Gasteiger partial charge on any atom is -0.480 e. The number of rotatable bonds is 7.